The van der Waals surface area contributed by atoms with Crippen molar-refractivity contribution in [2.24, 2.45) is 5.41 Å². The predicted octanol–water partition coefficient (Wildman–Crippen LogP) is 6.70. The topological polar surface area (TPSA) is 35.5 Å². The van der Waals surface area contributed by atoms with E-state index in [9.17, 15) is 4.79 Å². The monoisotopic (exact) mass is 382 g/mol. The second-order valence-electron chi connectivity index (χ2n) is 8.11. The van der Waals surface area contributed by atoms with Gasteiger partial charge in [-0.3, -0.25) is 4.79 Å². The first-order valence-electron chi connectivity index (χ1n) is 10.3. The molecule has 1 aromatic rings. The molecule has 0 heterocycles. The van der Waals surface area contributed by atoms with Crippen molar-refractivity contribution in [2.75, 3.05) is 13.2 Å². The molecule has 3 nitrogen and oxygen atoms in total. The molecule has 0 radical (unpaired) electrons. The standard InChI is InChI=1S/C25H34O3/c1-6-27-24-17-21(18-26)12-14-23(24)28-16-8-9-19(2)11-13-22-20(3)10-7-15-25(22,4)5/h9,11-14,17-18H,6-8,10,15-16H2,1-5H3. The van der Waals surface area contributed by atoms with Crippen molar-refractivity contribution < 1.29 is 14.3 Å². The van der Waals surface area contributed by atoms with Crippen LogP contribution >= 0.6 is 0 Å². The van der Waals surface area contributed by atoms with Crippen molar-refractivity contribution >= 4 is 6.29 Å². The second kappa shape index (κ2) is 10.3. The lowest BCUT2D eigenvalue weighted by Crippen LogP contribution is -2.19. The quantitative estimate of drug-likeness (QED) is 0.271. The average Bonchev–Trinajstić information content (AvgIpc) is 2.65. The summed E-state index contributed by atoms with van der Waals surface area (Å²) in [7, 11) is 0. The van der Waals surface area contributed by atoms with Gasteiger partial charge in [0.05, 0.1) is 13.2 Å². The van der Waals surface area contributed by atoms with E-state index in [2.05, 4.69) is 45.9 Å². The first-order valence-corrected chi connectivity index (χ1v) is 10.3. The van der Waals surface area contributed by atoms with Crippen molar-refractivity contribution in [1.29, 1.82) is 0 Å². The summed E-state index contributed by atoms with van der Waals surface area (Å²) in [6.45, 7) is 12.1. The van der Waals surface area contributed by atoms with Gasteiger partial charge in [-0.15, -0.1) is 0 Å². The fourth-order valence-corrected chi connectivity index (χ4v) is 3.73. The van der Waals surface area contributed by atoms with Crippen molar-refractivity contribution in [3.05, 3.63) is 58.7 Å². The molecular weight excluding hydrogens is 348 g/mol. The zero-order valence-electron chi connectivity index (χ0n) is 18.0. The fourth-order valence-electron chi connectivity index (χ4n) is 3.73. The Hall–Kier alpha value is -2.29. The third kappa shape index (κ3) is 6.12. The summed E-state index contributed by atoms with van der Waals surface area (Å²) in [5.74, 6) is 1.30. The molecule has 3 heteroatoms. The Bertz CT molecular complexity index is 766. The fraction of sp³-hybridized carbons (Fsp3) is 0.480. The number of carbonyl (C=O) groups excluding carboxylic acids is 1. The summed E-state index contributed by atoms with van der Waals surface area (Å²) in [4.78, 5) is 10.9. The van der Waals surface area contributed by atoms with Gasteiger partial charge in [-0.25, -0.2) is 0 Å². The second-order valence-corrected chi connectivity index (χ2v) is 8.11. The van der Waals surface area contributed by atoms with Gasteiger partial charge in [0, 0.05) is 5.56 Å². The molecule has 0 aromatic heterocycles. The number of rotatable bonds is 9. The van der Waals surface area contributed by atoms with Crippen molar-refractivity contribution in [2.45, 2.75) is 60.3 Å². The van der Waals surface area contributed by atoms with E-state index in [1.54, 1.807) is 18.2 Å². The van der Waals surface area contributed by atoms with Crippen LogP contribution in [-0.2, 0) is 0 Å². The molecule has 0 bridgehead atoms. The van der Waals surface area contributed by atoms with Crippen molar-refractivity contribution in [3.63, 3.8) is 0 Å². The number of aldehydes is 1. The Kier molecular flexibility index (Phi) is 8.10. The number of ether oxygens (including phenoxy) is 2. The predicted molar refractivity (Wildman–Crippen MR) is 116 cm³/mol. The lowest BCUT2D eigenvalue weighted by molar-refractivity contribution is 0.112. The van der Waals surface area contributed by atoms with Crippen LogP contribution in [0.5, 0.6) is 11.5 Å². The Morgan fingerprint density at radius 3 is 2.68 bits per heavy atom. The molecule has 28 heavy (non-hydrogen) atoms. The highest BCUT2D eigenvalue weighted by molar-refractivity contribution is 5.76. The molecule has 2 rings (SSSR count). The molecule has 0 saturated carbocycles. The van der Waals surface area contributed by atoms with Gasteiger partial charge in [-0.1, -0.05) is 43.2 Å². The number of allylic oxidation sites excluding steroid dienone is 5. The van der Waals surface area contributed by atoms with Gasteiger partial charge in [0.15, 0.2) is 11.5 Å². The number of hydrogen-bond donors (Lipinski definition) is 0. The van der Waals surface area contributed by atoms with Crippen LogP contribution in [0.3, 0.4) is 0 Å². The molecule has 152 valence electrons. The van der Waals surface area contributed by atoms with Gasteiger partial charge >= 0.3 is 0 Å². The summed E-state index contributed by atoms with van der Waals surface area (Å²) >= 11 is 0. The third-order valence-electron chi connectivity index (χ3n) is 5.30. The first-order chi connectivity index (χ1) is 13.4. The molecule has 0 atom stereocenters. The highest BCUT2D eigenvalue weighted by Gasteiger charge is 2.26. The van der Waals surface area contributed by atoms with E-state index >= 15 is 0 Å². The summed E-state index contributed by atoms with van der Waals surface area (Å²) in [6, 6.07) is 5.26. The van der Waals surface area contributed by atoms with Crippen molar-refractivity contribution in [3.8, 4) is 11.5 Å². The van der Waals surface area contributed by atoms with E-state index in [4.69, 9.17) is 9.47 Å². The first kappa shape index (κ1) is 22.0. The Balaban J connectivity index is 1.93. The van der Waals surface area contributed by atoms with Gasteiger partial charge in [-0.05, 0) is 75.6 Å². The van der Waals surface area contributed by atoms with E-state index in [1.165, 1.54) is 36.0 Å². The molecule has 0 aliphatic heterocycles. The molecular formula is C25H34O3. The number of hydrogen-bond acceptors (Lipinski definition) is 3. The maximum atomic E-state index is 10.9. The van der Waals surface area contributed by atoms with E-state index < -0.39 is 0 Å². The van der Waals surface area contributed by atoms with Gasteiger partial charge in [0.1, 0.15) is 6.29 Å². The summed E-state index contributed by atoms with van der Waals surface area (Å²) < 4.78 is 11.4. The Morgan fingerprint density at radius 1 is 1.21 bits per heavy atom. The average molecular weight is 383 g/mol. The third-order valence-corrected chi connectivity index (χ3v) is 5.30. The summed E-state index contributed by atoms with van der Waals surface area (Å²) in [5.41, 5.74) is 5.11. The zero-order valence-corrected chi connectivity index (χ0v) is 18.0. The lowest BCUT2D eigenvalue weighted by Gasteiger charge is -2.32. The summed E-state index contributed by atoms with van der Waals surface area (Å²) in [5, 5.41) is 0. The highest BCUT2D eigenvalue weighted by Crippen LogP contribution is 2.40. The molecule has 0 unspecified atom stereocenters. The van der Waals surface area contributed by atoms with Crippen LogP contribution in [0.25, 0.3) is 0 Å². The highest BCUT2D eigenvalue weighted by atomic mass is 16.5. The molecule has 0 spiro atoms. The molecule has 1 aliphatic rings. The Labute approximate surface area is 170 Å². The normalized spacial score (nSPS) is 17.1. The van der Waals surface area contributed by atoms with Gasteiger partial charge in [-0.2, -0.15) is 0 Å². The van der Waals surface area contributed by atoms with Gasteiger partial charge < -0.3 is 9.47 Å². The summed E-state index contributed by atoms with van der Waals surface area (Å²) in [6.07, 6.45) is 12.1. The van der Waals surface area contributed by atoms with E-state index in [0.29, 0.717) is 30.3 Å². The van der Waals surface area contributed by atoms with Crippen LogP contribution in [0.2, 0.25) is 0 Å². The van der Waals surface area contributed by atoms with Crippen LogP contribution in [0, 0.1) is 5.41 Å². The lowest BCUT2D eigenvalue weighted by atomic mass is 9.72. The minimum atomic E-state index is 0.269. The smallest absolute Gasteiger partial charge is 0.161 e. The minimum Gasteiger partial charge on any atom is -0.490 e. The molecule has 1 aromatic carbocycles. The Morgan fingerprint density at radius 2 is 2.00 bits per heavy atom. The molecule has 1 aliphatic carbocycles. The largest absolute Gasteiger partial charge is 0.490 e. The van der Waals surface area contributed by atoms with Crippen LogP contribution in [0.15, 0.2) is 53.1 Å². The molecule has 0 saturated heterocycles. The molecule has 0 N–H and O–H groups in total. The van der Waals surface area contributed by atoms with Crippen LogP contribution in [-0.4, -0.2) is 19.5 Å². The van der Waals surface area contributed by atoms with E-state index in [1.807, 2.05) is 6.92 Å². The number of carbonyl (C=O) groups is 1. The van der Waals surface area contributed by atoms with Crippen LogP contribution in [0.1, 0.15) is 70.7 Å². The SMILES string of the molecule is CCOc1cc(C=O)ccc1OCCC=C(C)C=CC1=C(C)CCCC1(C)C. The van der Waals surface area contributed by atoms with Gasteiger partial charge in [0.2, 0.25) is 0 Å². The zero-order chi connectivity index (χ0) is 20.6. The van der Waals surface area contributed by atoms with Crippen molar-refractivity contribution in [1.82, 2.24) is 0 Å². The maximum Gasteiger partial charge on any atom is 0.161 e. The minimum absolute atomic E-state index is 0.269. The molecule has 0 amide bonds. The van der Waals surface area contributed by atoms with Crippen LogP contribution in [0.4, 0.5) is 0 Å². The van der Waals surface area contributed by atoms with Gasteiger partial charge in [0.25, 0.3) is 0 Å². The van der Waals surface area contributed by atoms with Crippen LogP contribution < -0.4 is 9.47 Å². The maximum absolute atomic E-state index is 10.9. The van der Waals surface area contributed by atoms with E-state index in [-0.39, 0.29) is 5.41 Å². The number of benzene rings is 1. The molecule has 0 fully saturated rings. The van der Waals surface area contributed by atoms with E-state index in [0.717, 1.165) is 12.7 Å².